The van der Waals surface area contributed by atoms with E-state index in [4.69, 9.17) is 0 Å². The summed E-state index contributed by atoms with van der Waals surface area (Å²) in [6.45, 7) is 3.95. The molecule has 1 amide bonds. The molecule has 0 aliphatic heterocycles. The van der Waals surface area contributed by atoms with Crippen LogP contribution in [0.1, 0.15) is 31.9 Å². The Morgan fingerprint density at radius 2 is 1.86 bits per heavy atom. The van der Waals surface area contributed by atoms with Gasteiger partial charge in [-0.25, -0.2) is 12.7 Å². The molecule has 0 aliphatic rings. The van der Waals surface area contributed by atoms with Crippen LogP contribution in [0.25, 0.3) is 0 Å². The van der Waals surface area contributed by atoms with Gasteiger partial charge in [0.15, 0.2) is 0 Å². The molecule has 0 spiro atoms. The van der Waals surface area contributed by atoms with Gasteiger partial charge in [-0.1, -0.05) is 19.1 Å². The van der Waals surface area contributed by atoms with Crippen LogP contribution in [0.3, 0.4) is 0 Å². The monoisotopic (exact) mass is 344 g/mol. The molecule has 5 nitrogen and oxygen atoms in total. The molecule has 0 unspecified atom stereocenters. The summed E-state index contributed by atoms with van der Waals surface area (Å²) >= 11 is 1.73. The molecule has 0 saturated carbocycles. The fourth-order valence-corrected chi connectivity index (χ4v) is 3.37. The van der Waals surface area contributed by atoms with Crippen LogP contribution in [-0.2, 0) is 14.8 Å². The van der Waals surface area contributed by atoms with Gasteiger partial charge in [-0.05, 0) is 30.4 Å². The first-order chi connectivity index (χ1) is 10.3. The molecule has 1 aromatic rings. The van der Waals surface area contributed by atoms with E-state index in [0.29, 0.717) is 6.42 Å². The Bertz CT molecular complexity index is 583. The zero-order valence-electron chi connectivity index (χ0n) is 13.5. The summed E-state index contributed by atoms with van der Waals surface area (Å²) in [7, 11) is -0.413. The Kier molecular flexibility index (Phi) is 7.38. The Labute approximate surface area is 137 Å². The van der Waals surface area contributed by atoms with Crippen LogP contribution in [0.4, 0.5) is 0 Å². The second-order valence-corrected chi connectivity index (χ2v) is 8.64. The summed E-state index contributed by atoms with van der Waals surface area (Å²) in [6, 6.07) is 6.47. The summed E-state index contributed by atoms with van der Waals surface area (Å²) in [5, 5.41) is 2.92. The first-order valence-corrected chi connectivity index (χ1v) is 9.78. The third kappa shape index (κ3) is 5.30. The van der Waals surface area contributed by atoms with Gasteiger partial charge in [0, 0.05) is 26.3 Å². The van der Waals surface area contributed by atoms with Crippen molar-refractivity contribution < 1.29 is 13.2 Å². The first-order valence-electron chi connectivity index (χ1n) is 7.18. The smallest absolute Gasteiger partial charge is 0.242 e. The number of thioether (sulfide) groups is 1. The number of carbonyl (C=O) groups is 1. The summed E-state index contributed by atoms with van der Waals surface area (Å²) < 4.78 is 25.2. The van der Waals surface area contributed by atoms with Gasteiger partial charge in [0.2, 0.25) is 15.9 Å². The van der Waals surface area contributed by atoms with Crippen molar-refractivity contribution in [2.75, 3.05) is 25.6 Å². The molecule has 124 valence electrons. The van der Waals surface area contributed by atoms with Crippen molar-refractivity contribution in [3.05, 3.63) is 29.8 Å². The molecule has 0 radical (unpaired) electrons. The molecule has 0 fully saturated rings. The van der Waals surface area contributed by atoms with Gasteiger partial charge >= 0.3 is 0 Å². The van der Waals surface area contributed by atoms with E-state index in [1.54, 1.807) is 36.0 Å². The number of nitrogens with zero attached hydrogens (tertiary/aromatic N) is 1. The molecule has 1 aromatic carbocycles. The van der Waals surface area contributed by atoms with E-state index < -0.39 is 10.0 Å². The van der Waals surface area contributed by atoms with E-state index in [-0.39, 0.29) is 16.8 Å². The van der Waals surface area contributed by atoms with Crippen molar-refractivity contribution in [3.8, 4) is 0 Å². The largest absolute Gasteiger partial charge is 0.350 e. The second kappa shape index (κ2) is 8.55. The minimum Gasteiger partial charge on any atom is -0.350 e. The van der Waals surface area contributed by atoms with E-state index >= 15 is 0 Å². The Morgan fingerprint density at radius 1 is 1.27 bits per heavy atom. The fraction of sp³-hybridized carbons (Fsp3) is 0.533. The number of hydrogen-bond donors (Lipinski definition) is 1. The normalized spacial score (nSPS) is 13.1. The lowest BCUT2D eigenvalue weighted by Gasteiger charge is -2.16. The van der Waals surface area contributed by atoms with Crippen LogP contribution < -0.4 is 5.32 Å². The van der Waals surface area contributed by atoms with E-state index in [0.717, 1.165) is 17.1 Å². The lowest BCUT2D eigenvalue weighted by atomic mass is 10.1. The SMILES string of the molecule is CCSCCC(=O)N[C@H](C)c1ccc(S(=O)(=O)N(C)C)cc1. The quantitative estimate of drug-likeness (QED) is 0.735. The number of rotatable bonds is 8. The van der Waals surface area contributed by atoms with Crippen LogP contribution in [0, 0.1) is 0 Å². The topological polar surface area (TPSA) is 66.5 Å². The van der Waals surface area contributed by atoms with Crippen molar-refractivity contribution in [3.63, 3.8) is 0 Å². The third-order valence-electron chi connectivity index (χ3n) is 3.21. The minimum absolute atomic E-state index is 0.0124. The second-order valence-electron chi connectivity index (χ2n) is 5.09. The molecule has 1 N–H and O–H groups in total. The van der Waals surface area contributed by atoms with Crippen LogP contribution in [0.2, 0.25) is 0 Å². The standard InChI is InChI=1S/C15H24N2O3S2/c1-5-21-11-10-15(18)16-12(2)13-6-8-14(9-7-13)22(19,20)17(3)4/h6-9,12H,5,10-11H2,1-4H3,(H,16,18)/t12-/m1/s1. The van der Waals surface area contributed by atoms with Crippen LogP contribution >= 0.6 is 11.8 Å². The maximum Gasteiger partial charge on any atom is 0.242 e. The van der Waals surface area contributed by atoms with E-state index in [9.17, 15) is 13.2 Å². The van der Waals surface area contributed by atoms with Crippen molar-refractivity contribution in [1.29, 1.82) is 0 Å². The highest BCUT2D eigenvalue weighted by Crippen LogP contribution is 2.18. The molecular weight excluding hydrogens is 320 g/mol. The van der Waals surface area contributed by atoms with Crippen LogP contribution in [0.15, 0.2) is 29.2 Å². The van der Waals surface area contributed by atoms with Crippen molar-refractivity contribution in [1.82, 2.24) is 9.62 Å². The fourth-order valence-electron chi connectivity index (χ4n) is 1.85. The highest BCUT2D eigenvalue weighted by Gasteiger charge is 2.17. The van der Waals surface area contributed by atoms with E-state index in [2.05, 4.69) is 12.2 Å². The Hall–Kier alpha value is -1.05. The van der Waals surface area contributed by atoms with Crippen molar-refractivity contribution >= 4 is 27.7 Å². The maximum atomic E-state index is 12.0. The maximum absolute atomic E-state index is 12.0. The predicted molar refractivity (Wildman–Crippen MR) is 91.5 cm³/mol. The number of amides is 1. The van der Waals surface area contributed by atoms with Gasteiger partial charge in [0.05, 0.1) is 10.9 Å². The highest BCUT2D eigenvalue weighted by atomic mass is 32.2. The number of nitrogens with one attached hydrogen (secondary N) is 1. The van der Waals surface area contributed by atoms with E-state index in [1.807, 2.05) is 6.92 Å². The van der Waals surface area contributed by atoms with Gasteiger partial charge < -0.3 is 5.32 Å². The van der Waals surface area contributed by atoms with Crippen LogP contribution in [-0.4, -0.2) is 44.2 Å². The zero-order valence-corrected chi connectivity index (χ0v) is 15.1. The number of sulfonamides is 1. The van der Waals surface area contributed by atoms with Gasteiger partial charge in [0.25, 0.3) is 0 Å². The van der Waals surface area contributed by atoms with Gasteiger partial charge in [0.1, 0.15) is 0 Å². The van der Waals surface area contributed by atoms with E-state index in [1.165, 1.54) is 18.4 Å². The average molecular weight is 345 g/mol. The molecule has 0 saturated heterocycles. The minimum atomic E-state index is -3.41. The molecule has 0 heterocycles. The van der Waals surface area contributed by atoms with Crippen molar-refractivity contribution in [2.45, 2.75) is 31.2 Å². The molecule has 1 rings (SSSR count). The number of hydrogen-bond acceptors (Lipinski definition) is 4. The highest BCUT2D eigenvalue weighted by molar-refractivity contribution is 7.99. The summed E-state index contributed by atoms with van der Waals surface area (Å²) in [5.74, 6) is 1.83. The Morgan fingerprint density at radius 3 is 2.36 bits per heavy atom. The number of carbonyl (C=O) groups excluding carboxylic acids is 1. The average Bonchev–Trinajstić information content (AvgIpc) is 2.47. The van der Waals surface area contributed by atoms with Crippen molar-refractivity contribution in [2.24, 2.45) is 0 Å². The molecule has 1 atom stereocenters. The molecule has 0 aromatic heterocycles. The first kappa shape index (κ1) is 19.0. The number of benzene rings is 1. The van der Waals surface area contributed by atoms with Gasteiger partial charge in [-0.3, -0.25) is 4.79 Å². The predicted octanol–water partition coefficient (Wildman–Crippen LogP) is 2.26. The molecular formula is C15H24N2O3S2. The third-order valence-corrected chi connectivity index (χ3v) is 5.94. The molecule has 0 bridgehead atoms. The summed E-state index contributed by atoms with van der Waals surface area (Å²) in [4.78, 5) is 12.0. The molecule has 0 aliphatic carbocycles. The van der Waals surface area contributed by atoms with Crippen LogP contribution in [0.5, 0.6) is 0 Å². The lowest BCUT2D eigenvalue weighted by molar-refractivity contribution is -0.121. The Balaban J connectivity index is 2.68. The lowest BCUT2D eigenvalue weighted by Crippen LogP contribution is -2.27. The van der Waals surface area contributed by atoms with Gasteiger partial charge in [-0.15, -0.1) is 0 Å². The molecule has 7 heteroatoms. The summed E-state index contributed by atoms with van der Waals surface area (Å²) in [6.07, 6.45) is 0.496. The van der Waals surface area contributed by atoms with Gasteiger partial charge in [-0.2, -0.15) is 11.8 Å². The summed E-state index contributed by atoms with van der Waals surface area (Å²) in [5.41, 5.74) is 0.884. The zero-order chi connectivity index (χ0) is 16.8. The molecule has 22 heavy (non-hydrogen) atoms.